The zero-order valence-corrected chi connectivity index (χ0v) is 8.49. The van der Waals surface area contributed by atoms with E-state index in [1.54, 1.807) is 0 Å². The minimum Gasteiger partial charge on any atom is -0.331 e. The van der Waals surface area contributed by atoms with Gasteiger partial charge in [-0.3, -0.25) is 0 Å². The Bertz CT molecular complexity index is 92.1. The van der Waals surface area contributed by atoms with Crippen LogP contribution in [-0.2, 0) is 0 Å². The van der Waals surface area contributed by atoms with Crippen molar-refractivity contribution in [2.24, 2.45) is 5.73 Å². The first-order valence-corrected chi connectivity index (χ1v) is 3.12. The summed E-state index contributed by atoms with van der Waals surface area (Å²) < 4.78 is 0. The molecule has 0 atom stereocenters. The van der Waals surface area contributed by atoms with Gasteiger partial charge < -0.3 is 5.73 Å². The first-order valence-electron chi connectivity index (χ1n) is 3.12. The van der Waals surface area contributed by atoms with Crippen LogP contribution >= 0.6 is 24.0 Å². The van der Waals surface area contributed by atoms with Crippen molar-refractivity contribution in [2.45, 2.75) is 6.92 Å². The van der Waals surface area contributed by atoms with Crippen molar-refractivity contribution in [1.82, 2.24) is 0 Å². The number of nitrogens with two attached hydrogens (primary N) is 1. The zero-order valence-electron chi connectivity index (χ0n) is 6.16. The van der Waals surface area contributed by atoms with E-state index < -0.39 is 0 Å². The predicted molar refractivity (Wildman–Crippen MR) is 56.6 cm³/mol. The van der Waals surface area contributed by atoms with Gasteiger partial charge in [0.05, 0.1) is 0 Å². The molecule has 0 heterocycles. The molecule has 1 aromatic rings. The molecule has 58 valence electrons. The lowest BCUT2D eigenvalue weighted by Crippen LogP contribution is -1.87. The van der Waals surface area contributed by atoms with E-state index in [1.165, 1.54) is 0 Å². The number of hydrogen-bond acceptors (Lipinski definition) is 1. The Kier molecular flexibility index (Phi) is 14.7. The van der Waals surface area contributed by atoms with Gasteiger partial charge in [-0.1, -0.05) is 43.3 Å². The van der Waals surface area contributed by atoms with E-state index in [2.05, 4.69) is 0 Å². The van der Waals surface area contributed by atoms with E-state index >= 15 is 0 Å². The van der Waals surface area contributed by atoms with Crippen molar-refractivity contribution in [2.75, 3.05) is 6.54 Å². The van der Waals surface area contributed by atoms with Crippen LogP contribution < -0.4 is 5.73 Å². The summed E-state index contributed by atoms with van der Waals surface area (Å²) in [5.74, 6) is 0. The van der Waals surface area contributed by atoms with Crippen LogP contribution in [0, 0.1) is 0 Å². The zero-order chi connectivity index (χ0) is 6.95. The lowest BCUT2D eigenvalue weighted by Gasteiger charge is -1.69. The molecule has 0 aromatic heterocycles. The molecule has 10 heavy (non-hydrogen) atoms. The molecule has 1 nitrogen and oxygen atoms in total. The second-order valence-electron chi connectivity index (χ2n) is 1.56. The molecule has 0 bridgehead atoms. The highest BCUT2D eigenvalue weighted by Crippen LogP contribution is 1.79. The lowest BCUT2D eigenvalue weighted by atomic mass is 10.4. The molecule has 0 saturated carbocycles. The fourth-order valence-electron chi connectivity index (χ4n) is 0.385. The SMILES string of the molecule is CCN.I.c1ccccc1. The van der Waals surface area contributed by atoms with E-state index in [4.69, 9.17) is 5.73 Å². The molecule has 2 N–H and O–H groups in total. The fraction of sp³-hybridized carbons (Fsp3) is 0.250. The topological polar surface area (TPSA) is 26.0 Å². The summed E-state index contributed by atoms with van der Waals surface area (Å²) in [6, 6.07) is 12.0. The molecule has 0 aliphatic carbocycles. The van der Waals surface area contributed by atoms with E-state index in [9.17, 15) is 0 Å². The van der Waals surface area contributed by atoms with Crippen LogP contribution in [0.4, 0.5) is 0 Å². The maximum atomic E-state index is 4.85. The molecule has 0 aliphatic rings. The van der Waals surface area contributed by atoms with Gasteiger partial charge in [0.2, 0.25) is 0 Å². The van der Waals surface area contributed by atoms with Crippen molar-refractivity contribution in [3.63, 3.8) is 0 Å². The highest BCUT2D eigenvalue weighted by atomic mass is 127. The Labute approximate surface area is 79.7 Å². The van der Waals surface area contributed by atoms with Crippen LogP contribution in [0.3, 0.4) is 0 Å². The van der Waals surface area contributed by atoms with Crippen molar-refractivity contribution in [3.8, 4) is 0 Å². The van der Waals surface area contributed by atoms with Crippen molar-refractivity contribution >= 4 is 24.0 Å². The Morgan fingerprint density at radius 1 is 0.900 bits per heavy atom. The van der Waals surface area contributed by atoms with Crippen molar-refractivity contribution in [1.29, 1.82) is 0 Å². The van der Waals surface area contributed by atoms with Crippen LogP contribution in [0.5, 0.6) is 0 Å². The first kappa shape index (κ1) is 12.6. The van der Waals surface area contributed by atoms with Crippen LogP contribution in [0.15, 0.2) is 36.4 Å². The molecular weight excluding hydrogens is 237 g/mol. The highest BCUT2D eigenvalue weighted by Gasteiger charge is 1.57. The third-order valence-electron chi connectivity index (χ3n) is 0.667. The smallest absolute Gasteiger partial charge is 0.0106 e. The Balaban J connectivity index is 0. The van der Waals surface area contributed by atoms with E-state index in [0.29, 0.717) is 0 Å². The molecule has 0 spiro atoms. The monoisotopic (exact) mass is 251 g/mol. The molecule has 0 amide bonds. The van der Waals surface area contributed by atoms with Gasteiger partial charge >= 0.3 is 0 Å². The van der Waals surface area contributed by atoms with Crippen molar-refractivity contribution < 1.29 is 0 Å². The molecule has 0 saturated heterocycles. The fourth-order valence-corrected chi connectivity index (χ4v) is 0.385. The van der Waals surface area contributed by atoms with Gasteiger partial charge in [0.25, 0.3) is 0 Å². The Morgan fingerprint density at radius 3 is 1.10 bits per heavy atom. The van der Waals surface area contributed by atoms with Gasteiger partial charge in [0.1, 0.15) is 0 Å². The first-order chi connectivity index (χ1) is 4.41. The summed E-state index contributed by atoms with van der Waals surface area (Å²) in [4.78, 5) is 0. The van der Waals surface area contributed by atoms with Gasteiger partial charge in [-0.05, 0) is 6.54 Å². The molecule has 0 unspecified atom stereocenters. The number of hydrogen-bond donors (Lipinski definition) is 1. The van der Waals surface area contributed by atoms with E-state index in [-0.39, 0.29) is 24.0 Å². The lowest BCUT2D eigenvalue weighted by molar-refractivity contribution is 1.14. The summed E-state index contributed by atoms with van der Waals surface area (Å²) in [5.41, 5.74) is 4.85. The summed E-state index contributed by atoms with van der Waals surface area (Å²) >= 11 is 0. The summed E-state index contributed by atoms with van der Waals surface area (Å²) in [7, 11) is 0. The number of halogens is 1. The van der Waals surface area contributed by atoms with Crippen LogP contribution in [0.1, 0.15) is 6.92 Å². The minimum atomic E-state index is 0. The standard InChI is InChI=1S/C6H6.C2H7N.HI/c1-2-4-6-5-3-1;1-2-3;/h1-6H;2-3H2,1H3;1H. The van der Waals surface area contributed by atoms with Gasteiger partial charge in [-0.2, -0.15) is 0 Å². The molecule has 0 fully saturated rings. The van der Waals surface area contributed by atoms with Gasteiger partial charge in [0, 0.05) is 0 Å². The second kappa shape index (κ2) is 11.7. The summed E-state index contributed by atoms with van der Waals surface area (Å²) in [6.07, 6.45) is 0. The molecule has 0 aliphatic heterocycles. The largest absolute Gasteiger partial charge is 0.331 e. The summed E-state index contributed by atoms with van der Waals surface area (Å²) in [6.45, 7) is 2.65. The van der Waals surface area contributed by atoms with E-state index in [1.807, 2.05) is 43.3 Å². The van der Waals surface area contributed by atoms with Gasteiger partial charge in [-0.15, -0.1) is 24.0 Å². The normalized spacial score (nSPS) is 6.60. The average Bonchev–Trinajstić information content (AvgIpc) is 1.93. The third kappa shape index (κ3) is 10.8. The van der Waals surface area contributed by atoms with E-state index in [0.717, 1.165) is 6.54 Å². The number of rotatable bonds is 0. The third-order valence-corrected chi connectivity index (χ3v) is 0.667. The molecule has 2 heteroatoms. The maximum Gasteiger partial charge on any atom is -0.0106 e. The summed E-state index contributed by atoms with van der Waals surface area (Å²) in [5, 5.41) is 0. The van der Waals surface area contributed by atoms with Gasteiger partial charge in [-0.25, -0.2) is 0 Å². The molecule has 1 aromatic carbocycles. The Morgan fingerprint density at radius 2 is 1.00 bits per heavy atom. The average molecular weight is 251 g/mol. The van der Waals surface area contributed by atoms with Crippen LogP contribution in [-0.4, -0.2) is 6.54 Å². The van der Waals surface area contributed by atoms with Crippen LogP contribution in [0.25, 0.3) is 0 Å². The molecule has 0 radical (unpaired) electrons. The van der Waals surface area contributed by atoms with Gasteiger partial charge in [0.15, 0.2) is 0 Å². The quantitative estimate of drug-likeness (QED) is 0.703. The molecule has 1 rings (SSSR count). The Hall–Kier alpha value is -0.0900. The predicted octanol–water partition coefficient (Wildman–Crippen LogP) is 2.27. The highest BCUT2D eigenvalue weighted by molar-refractivity contribution is 14.0. The van der Waals surface area contributed by atoms with Crippen molar-refractivity contribution in [3.05, 3.63) is 36.4 Å². The molecular formula is C8H14IN. The second-order valence-corrected chi connectivity index (χ2v) is 1.56. The number of benzene rings is 1. The van der Waals surface area contributed by atoms with Crippen LogP contribution in [0.2, 0.25) is 0 Å². The minimum absolute atomic E-state index is 0. The maximum absolute atomic E-state index is 4.85.